The Balaban J connectivity index is 0.00000320. The molecule has 0 saturated carbocycles. The number of imidazole rings is 1. The molecular formula is C26H29BrCl2N4O4. The normalized spacial score (nSPS) is 16.1. The van der Waals surface area contributed by atoms with Gasteiger partial charge in [-0.3, -0.25) is 4.79 Å². The number of carbonyl (C=O) groups is 1. The first-order valence-corrected chi connectivity index (χ1v) is 12.7. The van der Waals surface area contributed by atoms with Gasteiger partial charge in [-0.2, -0.15) is 4.57 Å². The van der Waals surface area contributed by atoms with Crippen molar-refractivity contribution in [1.29, 1.82) is 0 Å². The maximum absolute atomic E-state index is 11.9. The zero-order chi connectivity index (χ0) is 25.1. The fourth-order valence-electron chi connectivity index (χ4n) is 4.60. The van der Waals surface area contributed by atoms with Crippen LogP contribution in [0.2, 0.25) is 10.0 Å². The Morgan fingerprint density at radius 1 is 1.05 bits per heavy atom. The van der Waals surface area contributed by atoms with E-state index in [9.17, 15) is 4.79 Å². The minimum Gasteiger partial charge on any atom is -1.00 e. The van der Waals surface area contributed by atoms with Crippen molar-refractivity contribution in [3.8, 4) is 17.1 Å². The largest absolute Gasteiger partial charge is 1.00 e. The van der Waals surface area contributed by atoms with E-state index in [0.29, 0.717) is 56.0 Å². The van der Waals surface area contributed by atoms with Crippen molar-refractivity contribution in [2.75, 3.05) is 44.3 Å². The SMILES string of the molecule is CC(=O)N1CCN(c2c[n+](CC3OCCO3)c(-c3ccc(Cl)cc3Cl)n2COc2ccccc2)CC1.[Br-]. The molecule has 0 N–H and O–H groups in total. The van der Waals surface area contributed by atoms with Gasteiger partial charge in [0.2, 0.25) is 18.5 Å². The summed E-state index contributed by atoms with van der Waals surface area (Å²) in [5, 5.41) is 1.11. The van der Waals surface area contributed by atoms with Gasteiger partial charge in [0.05, 0.1) is 23.8 Å². The molecule has 198 valence electrons. The highest BCUT2D eigenvalue weighted by atomic mass is 79.9. The van der Waals surface area contributed by atoms with Crippen LogP contribution >= 0.6 is 23.2 Å². The van der Waals surface area contributed by atoms with E-state index >= 15 is 0 Å². The second-order valence-electron chi connectivity index (χ2n) is 8.77. The lowest BCUT2D eigenvalue weighted by atomic mass is 10.2. The summed E-state index contributed by atoms with van der Waals surface area (Å²) < 4.78 is 22.0. The number of rotatable bonds is 7. The third-order valence-corrected chi connectivity index (χ3v) is 6.98. The van der Waals surface area contributed by atoms with Crippen molar-refractivity contribution < 1.29 is 40.6 Å². The molecule has 0 radical (unpaired) electrons. The van der Waals surface area contributed by atoms with Crippen LogP contribution in [0.5, 0.6) is 5.75 Å². The number of piperazine rings is 1. The third-order valence-electron chi connectivity index (χ3n) is 6.44. The maximum atomic E-state index is 11.9. The van der Waals surface area contributed by atoms with Crippen LogP contribution in [0.3, 0.4) is 0 Å². The standard InChI is InChI=1S/C26H29Cl2N4O4.BrH/c1-19(33)29-9-11-30(12-10-29)24-16-31(17-25-34-13-14-35-25)26(22-8-7-20(27)15-23(22)28)32(24)18-36-21-5-3-2-4-6-21;/h2-8,15-16,25H,9-14,17-18H2,1H3;1H/q+1;/p-1. The molecule has 2 aliphatic rings. The van der Waals surface area contributed by atoms with E-state index in [1.165, 1.54) is 0 Å². The van der Waals surface area contributed by atoms with Crippen LogP contribution in [0.25, 0.3) is 11.4 Å². The Bertz CT molecular complexity index is 1210. The smallest absolute Gasteiger partial charge is 0.295 e. The molecule has 5 rings (SSSR count). The molecule has 8 nitrogen and oxygen atoms in total. The molecule has 3 aromatic rings. The van der Waals surface area contributed by atoms with Crippen molar-refractivity contribution in [3.63, 3.8) is 0 Å². The van der Waals surface area contributed by atoms with Crippen LogP contribution in [0.15, 0.2) is 54.7 Å². The molecule has 0 spiro atoms. The van der Waals surface area contributed by atoms with Gasteiger partial charge in [-0.15, -0.1) is 0 Å². The molecule has 2 aromatic carbocycles. The van der Waals surface area contributed by atoms with Gasteiger partial charge < -0.3 is 41.0 Å². The number of hydrogen-bond donors (Lipinski definition) is 0. The number of anilines is 1. The number of benzene rings is 2. The lowest BCUT2D eigenvalue weighted by Gasteiger charge is -2.33. The van der Waals surface area contributed by atoms with Crippen molar-refractivity contribution in [2.45, 2.75) is 26.5 Å². The zero-order valence-electron chi connectivity index (χ0n) is 20.5. The summed E-state index contributed by atoms with van der Waals surface area (Å²) in [5.74, 6) is 2.68. The average Bonchev–Trinajstić information content (AvgIpc) is 3.52. The molecule has 3 heterocycles. The van der Waals surface area contributed by atoms with Gasteiger partial charge in [-0.05, 0) is 30.3 Å². The highest BCUT2D eigenvalue weighted by molar-refractivity contribution is 6.36. The molecule has 1 aromatic heterocycles. The van der Waals surface area contributed by atoms with E-state index in [2.05, 4.69) is 20.2 Å². The Hall–Kier alpha value is -2.30. The molecule has 0 bridgehead atoms. The molecule has 2 fully saturated rings. The van der Waals surface area contributed by atoms with Crippen LogP contribution in [0.4, 0.5) is 5.82 Å². The van der Waals surface area contributed by atoms with E-state index in [1.807, 2.05) is 47.4 Å². The second-order valence-corrected chi connectivity index (χ2v) is 9.61. The second kappa shape index (κ2) is 12.5. The monoisotopic (exact) mass is 610 g/mol. The summed E-state index contributed by atoms with van der Waals surface area (Å²) in [6.07, 6.45) is 1.73. The van der Waals surface area contributed by atoms with Crippen molar-refractivity contribution >= 4 is 34.9 Å². The van der Waals surface area contributed by atoms with E-state index in [1.54, 1.807) is 13.0 Å². The fraction of sp³-hybridized carbons (Fsp3) is 0.385. The predicted molar refractivity (Wildman–Crippen MR) is 137 cm³/mol. The van der Waals surface area contributed by atoms with Crippen LogP contribution in [-0.2, 0) is 27.5 Å². The lowest BCUT2D eigenvalue weighted by Crippen LogP contribution is -3.00. The highest BCUT2D eigenvalue weighted by Gasteiger charge is 2.34. The highest BCUT2D eigenvalue weighted by Crippen LogP contribution is 2.32. The summed E-state index contributed by atoms with van der Waals surface area (Å²) in [6.45, 7) is 6.24. The maximum Gasteiger partial charge on any atom is 0.295 e. The molecule has 37 heavy (non-hydrogen) atoms. The molecule has 11 heteroatoms. The van der Waals surface area contributed by atoms with Gasteiger partial charge in [0.1, 0.15) is 12.3 Å². The topological polar surface area (TPSA) is 60.0 Å². The number of aromatic nitrogens is 2. The van der Waals surface area contributed by atoms with Gasteiger partial charge >= 0.3 is 0 Å². The van der Waals surface area contributed by atoms with Gasteiger partial charge in [0.15, 0.2) is 12.5 Å². The minimum absolute atomic E-state index is 0. The molecule has 0 atom stereocenters. The van der Waals surface area contributed by atoms with Crippen molar-refractivity contribution in [2.24, 2.45) is 0 Å². The molecule has 1 amide bonds. The summed E-state index contributed by atoms with van der Waals surface area (Å²) >= 11 is 12.9. The molecular weight excluding hydrogens is 583 g/mol. The van der Waals surface area contributed by atoms with Crippen molar-refractivity contribution in [3.05, 3.63) is 64.8 Å². The fourth-order valence-corrected chi connectivity index (χ4v) is 5.10. The Morgan fingerprint density at radius 2 is 1.76 bits per heavy atom. The summed E-state index contributed by atoms with van der Waals surface area (Å²) in [5.41, 5.74) is 0.823. The van der Waals surface area contributed by atoms with E-state index in [0.717, 1.165) is 23.0 Å². The molecule has 2 aliphatic heterocycles. The lowest BCUT2D eigenvalue weighted by molar-refractivity contribution is -0.698. The van der Waals surface area contributed by atoms with Crippen LogP contribution < -0.4 is 31.2 Å². The van der Waals surface area contributed by atoms with Crippen LogP contribution in [-0.4, -0.2) is 61.1 Å². The number of carbonyl (C=O) groups excluding carboxylic acids is 1. The number of para-hydroxylation sites is 1. The molecule has 2 saturated heterocycles. The van der Waals surface area contributed by atoms with Crippen molar-refractivity contribution in [1.82, 2.24) is 9.47 Å². The van der Waals surface area contributed by atoms with Crippen LogP contribution in [0, 0.1) is 0 Å². The predicted octanol–water partition coefficient (Wildman–Crippen LogP) is 0.831. The van der Waals surface area contributed by atoms with E-state index < -0.39 is 0 Å². The zero-order valence-corrected chi connectivity index (χ0v) is 23.6. The summed E-state index contributed by atoms with van der Waals surface area (Å²) in [7, 11) is 0. The van der Waals surface area contributed by atoms with Crippen LogP contribution in [0.1, 0.15) is 6.92 Å². The minimum atomic E-state index is -0.354. The Kier molecular flexibility index (Phi) is 9.36. The average molecular weight is 612 g/mol. The first-order chi connectivity index (χ1) is 17.5. The van der Waals surface area contributed by atoms with Gasteiger partial charge in [0.25, 0.3) is 5.82 Å². The Labute approximate surface area is 237 Å². The number of halogens is 3. The number of nitrogens with zero attached hydrogens (tertiary/aromatic N) is 4. The number of amides is 1. The van der Waals surface area contributed by atoms with Gasteiger partial charge in [-0.1, -0.05) is 41.4 Å². The third kappa shape index (κ3) is 6.41. The quantitative estimate of drug-likeness (QED) is 0.371. The number of ether oxygens (including phenoxy) is 3. The number of hydrogen-bond acceptors (Lipinski definition) is 5. The molecule has 0 unspecified atom stereocenters. The molecule has 0 aliphatic carbocycles. The first-order valence-electron chi connectivity index (χ1n) is 12.0. The summed E-state index contributed by atoms with van der Waals surface area (Å²) in [4.78, 5) is 16.0. The summed E-state index contributed by atoms with van der Waals surface area (Å²) in [6, 6.07) is 15.2. The van der Waals surface area contributed by atoms with Gasteiger partial charge in [0, 0.05) is 38.1 Å². The first kappa shape index (κ1) is 27.7. The van der Waals surface area contributed by atoms with E-state index in [-0.39, 0.29) is 35.9 Å². The van der Waals surface area contributed by atoms with Gasteiger partial charge in [-0.25, -0.2) is 4.57 Å². The Morgan fingerprint density at radius 3 is 2.41 bits per heavy atom. The van der Waals surface area contributed by atoms with E-state index in [4.69, 9.17) is 37.4 Å².